The zero-order chi connectivity index (χ0) is 13.7. The second-order valence-corrected chi connectivity index (χ2v) is 5.49. The normalized spacial score (nSPS) is 11.6. The Hall–Kier alpha value is -1.42. The summed E-state index contributed by atoms with van der Waals surface area (Å²) >= 11 is 0. The van der Waals surface area contributed by atoms with Crippen molar-refractivity contribution in [2.24, 2.45) is 0 Å². The summed E-state index contributed by atoms with van der Waals surface area (Å²) in [6, 6.07) is 8.21. The van der Waals surface area contributed by atoms with E-state index in [2.05, 4.69) is 34.6 Å². The van der Waals surface area contributed by atoms with Crippen molar-refractivity contribution in [3.05, 3.63) is 35.7 Å². The van der Waals surface area contributed by atoms with Gasteiger partial charge in [-0.1, -0.05) is 37.1 Å². The summed E-state index contributed by atoms with van der Waals surface area (Å²) in [6.45, 7) is 8.00. The van der Waals surface area contributed by atoms with Crippen molar-refractivity contribution in [1.82, 2.24) is 15.0 Å². The molecule has 0 aliphatic carbocycles. The van der Waals surface area contributed by atoms with E-state index in [1.165, 1.54) is 4.90 Å². The van der Waals surface area contributed by atoms with E-state index in [1.54, 1.807) is 0 Å². The number of hydrogen-bond donors (Lipinski definition) is 0. The maximum Gasteiger partial charge on any atom is 0.0830 e. The molecule has 0 amide bonds. The zero-order valence-corrected chi connectivity index (χ0v) is 12.6. The van der Waals surface area contributed by atoms with Crippen LogP contribution < -0.4 is 0 Å². The van der Waals surface area contributed by atoms with E-state index in [0.717, 1.165) is 17.1 Å². The molecule has 0 spiro atoms. The molecule has 0 aliphatic rings. The SMILES string of the molecule is C=S(C)c1ccccc1-n1nnc(C)c1C.CC. The molecule has 1 heterocycles. The average molecular weight is 263 g/mol. The number of aromatic nitrogens is 3. The van der Waals surface area contributed by atoms with Gasteiger partial charge in [-0.3, -0.25) is 0 Å². The van der Waals surface area contributed by atoms with Crippen molar-refractivity contribution in [1.29, 1.82) is 0 Å². The third-order valence-electron chi connectivity index (χ3n) is 2.59. The Balaban J connectivity index is 0.000000771. The largest absolute Gasteiger partial charge is 0.216 e. The minimum atomic E-state index is -0.0286. The van der Waals surface area contributed by atoms with Crippen LogP contribution in [0.1, 0.15) is 25.2 Å². The topological polar surface area (TPSA) is 30.7 Å². The van der Waals surface area contributed by atoms with Crippen molar-refractivity contribution < 1.29 is 0 Å². The van der Waals surface area contributed by atoms with Crippen molar-refractivity contribution >= 4 is 16.4 Å². The Morgan fingerprint density at radius 2 is 1.78 bits per heavy atom. The molecule has 1 unspecified atom stereocenters. The van der Waals surface area contributed by atoms with Gasteiger partial charge in [0, 0.05) is 4.90 Å². The second-order valence-electron chi connectivity index (χ2n) is 3.78. The molecule has 0 fully saturated rings. The van der Waals surface area contributed by atoms with Gasteiger partial charge in [0.15, 0.2) is 0 Å². The van der Waals surface area contributed by atoms with E-state index in [-0.39, 0.29) is 10.5 Å². The molecule has 0 aliphatic heterocycles. The van der Waals surface area contributed by atoms with E-state index >= 15 is 0 Å². The molecule has 1 atom stereocenters. The predicted octanol–water partition coefficient (Wildman–Crippen LogP) is 3.60. The van der Waals surface area contributed by atoms with E-state index < -0.39 is 0 Å². The van der Waals surface area contributed by atoms with Gasteiger partial charge in [0.2, 0.25) is 0 Å². The summed E-state index contributed by atoms with van der Waals surface area (Å²) in [5.41, 5.74) is 3.13. The fraction of sp³-hybridized carbons (Fsp3) is 0.357. The molecule has 2 rings (SSSR count). The van der Waals surface area contributed by atoms with Gasteiger partial charge in [0.25, 0.3) is 0 Å². The molecular formula is C14H21N3S. The first-order valence-electron chi connectivity index (χ1n) is 6.05. The van der Waals surface area contributed by atoms with Gasteiger partial charge in [0.1, 0.15) is 0 Å². The van der Waals surface area contributed by atoms with Gasteiger partial charge in [0.05, 0.1) is 17.1 Å². The molecule has 4 heteroatoms. The summed E-state index contributed by atoms with van der Waals surface area (Å²) in [5, 5.41) is 8.26. The lowest BCUT2D eigenvalue weighted by atomic mass is 10.3. The number of nitrogens with zero attached hydrogens (tertiary/aromatic N) is 3. The maximum atomic E-state index is 4.17. The van der Waals surface area contributed by atoms with Gasteiger partial charge in [-0.2, -0.15) is 10.5 Å². The van der Waals surface area contributed by atoms with Gasteiger partial charge in [-0.15, -0.1) is 5.10 Å². The molecule has 2 aromatic rings. The van der Waals surface area contributed by atoms with Crippen LogP contribution in [-0.4, -0.2) is 27.1 Å². The van der Waals surface area contributed by atoms with E-state index in [4.69, 9.17) is 0 Å². The Kier molecular flexibility index (Phi) is 5.28. The fourth-order valence-electron chi connectivity index (χ4n) is 1.56. The van der Waals surface area contributed by atoms with Crippen molar-refractivity contribution in [3.8, 4) is 5.69 Å². The maximum absolute atomic E-state index is 4.17. The first-order chi connectivity index (χ1) is 8.61. The quantitative estimate of drug-likeness (QED) is 0.775. The van der Waals surface area contributed by atoms with Crippen LogP contribution >= 0.6 is 10.5 Å². The van der Waals surface area contributed by atoms with Crippen molar-refractivity contribution in [2.75, 3.05) is 6.26 Å². The fourth-order valence-corrected chi connectivity index (χ4v) is 2.38. The molecule has 0 saturated heterocycles. The van der Waals surface area contributed by atoms with Crippen LogP contribution in [0.3, 0.4) is 0 Å². The second kappa shape index (κ2) is 6.50. The number of hydrogen-bond acceptors (Lipinski definition) is 2. The Labute approximate surface area is 112 Å². The smallest absolute Gasteiger partial charge is 0.0830 e. The molecular weight excluding hydrogens is 242 g/mol. The van der Waals surface area contributed by atoms with Crippen LogP contribution in [0.15, 0.2) is 29.2 Å². The summed E-state index contributed by atoms with van der Waals surface area (Å²) in [4.78, 5) is 1.22. The average Bonchev–Trinajstić information content (AvgIpc) is 2.72. The predicted molar refractivity (Wildman–Crippen MR) is 81.1 cm³/mol. The summed E-state index contributed by atoms with van der Waals surface area (Å²) < 4.78 is 1.89. The lowest BCUT2D eigenvalue weighted by molar-refractivity contribution is 0.773. The van der Waals surface area contributed by atoms with Gasteiger partial charge in [-0.05, 0) is 32.2 Å². The highest BCUT2D eigenvalue weighted by molar-refractivity contribution is 8.13. The first-order valence-corrected chi connectivity index (χ1v) is 7.85. The van der Waals surface area contributed by atoms with Crippen LogP contribution in [0, 0.1) is 13.8 Å². The molecule has 3 nitrogen and oxygen atoms in total. The summed E-state index contributed by atoms with van der Waals surface area (Å²) in [5.74, 6) is 4.10. The molecule has 0 N–H and O–H groups in total. The number of aryl methyl sites for hydroxylation is 1. The Morgan fingerprint density at radius 3 is 2.28 bits per heavy atom. The third-order valence-corrected chi connectivity index (χ3v) is 3.69. The Morgan fingerprint density at radius 1 is 1.17 bits per heavy atom. The van der Waals surface area contributed by atoms with Crippen LogP contribution in [-0.2, 0) is 0 Å². The molecule has 0 saturated carbocycles. The van der Waals surface area contributed by atoms with Crippen LogP contribution in [0.2, 0.25) is 0 Å². The lowest BCUT2D eigenvalue weighted by Crippen LogP contribution is -2.01. The monoisotopic (exact) mass is 263 g/mol. The van der Waals surface area contributed by atoms with E-state index in [0.29, 0.717) is 0 Å². The third kappa shape index (κ3) is 2.88. The lowest BCUT2D eigenvalue weighted by Gasteiger charge is -2.10. The number of para-hydroxylation sites is 1. The van der Waals surface area contributed by atoms with Crippen molar-refractivity contribution in [2.45, 2.75) is 32.6 Å². The van der Waals surface area contributed by atoms with Gasteiger partial charge < -0.3 is 0 Å². The zero-order valence-electron chi connectivity index (χ0n) is 11.8. The van der Waals surface area contributed by atoms with Crippen molar-refractivity contribution in [3.63, 3.8) is 0 Å². The minimum absolute atomic E-state index is 0.0286. The molecule has 0 bridgehead atoms. The van der Waals surface area contributed by atoms with E-state index in [9.17, 15) is 0 Å². The van der Waals surface area contributed by atoms with Gasteiger partial charge in [-0.25, -0.2) is 4.68 Å². The highest BCUT2D eigenvalue weighted by Gasteiger charge is 2.09. The highest BCUT2D eigenvalue weighted by atomic mass is 32.2. The molecule has 18 heavy (non-hydrogen) atoms. The van der Waals surface area contributed by atoms with Crippen LogP contribution in [0.4, 0.5) is 0 Å². The summed E-state index contributed by atoms with van der Waals surface area (Å²) in [7, 11) is -0.0286. The minimum Gasteiger partial charge on any atom is -0.216 e. The standard InChI is InChI=1S/C12H15N3S.C2H6/c1-9-10(2)15(14-13-9)11-7-5-6-8-12(11)16(3)4;1-2/h5-8H,3H2,1-2,4H3;1-2H3. The number of benzene rings is 1. The number of rotatable bonds is 2. The molecule has 1 aromatic carbocycles. The summed E-state index contributed by atoms with van der Waals surface area (Å²) in [6.07, 6.45) is 2.11. The molecule has 98 valence electrons. The first kappa shape index (κ1) is 14.6. The van der Waals surface area contributed by atoms with Gasteiger partial charge >= 0.3 is 0 Å². The Bertz CT molecular complexity index is 544. The highest BCUT2D eigenvalue weighted by Crippen LogP contribution is 2.28. The molecule has 1 aromatic heterocycles. The van der Waals surface area contributed by atoms with Crippen LogP contribution in [0.5, 0.6) is 0 Å². The van der Waals surface area contributed by atoms with E-state index in [1.807, 2.05) is 44.5 Å². The molecule has 0 radical (unpaired) electrons. The van der Waals surface area contributed by atoms with Crippen LogP contribution in [0.25, 0.3) is 5.69 Å².